The maximum Gasteiger partial charge on any atom is 0.376 e. The molecular formula is C15H16ClNO3. The second-order valence-electron chi connectivity index (χ2n) is 5.45. The molecule has 1 heterocycles. The van der Waals surface area contributed by atoms with Crippen LogP contribution in [-0.4, -0.2) is 18.1 Å². The molecule has 1 aromatic heterocycles. The average Bonchev–Trinajstić information content (AvgIpc) is 2.83. The van der Waals surface area contributed by atoms with Gasteiger partial charge in [-0.25, -0.2) is 9.78 Å². The number of ether oxygens (including phenoxy) is 1. The first-order valence-electron chi connectivity index (χ1n) is 6.18. The van der Waals surface area contributed by atoms with Gasteiger partial charge in [-0.2, -0.15) is 0 Å². The molecule has 0 saturated carbocycles. The highest BCUT2D eigenvalue weighted by molar-refractivity contribution is 6.30. The maximum atomic E-state index is 11.8. The van der Waals surface area contributed by atoms with Gasteiger partial charge in [0.15, 0.2) is 0 Å². The van der Waals surface area contributed by atoms with Gasteiger partial charge in [0.1, 0.15) is 5.69 Å². The summed E-state index contributed by atoms with van der Waals surface area (Å²) in [4.78, 5) is 16.2. The van der Waals surface area contributed by atoms with Crippen LogP contribution in [-0.2, 0) is 10.2 Å². The lowest BCUT2D eigenvalue weighted by Gasteiger charge is -2.15. The number of hydrogen-bond acceptors (Lipinski definition) is 4. The lowest BCUT2D eigenvalue weighted by Crippen LogP contribution is -2.17. The van der Waals surface area contributed by atoms with Crippen LogP contribution >= 0.6 is 11.6 Å². The topological polar surface area (TPSA) is 52.3 Å². The summed E-state index contributed by atoms with van der Waals surface area (Å²) in [6, 6.07) is 7.08. The van der Waals surface area contributed by atoms with Gasteiger partial charge in [0.2, 0.25) is 11.7 Å². The highest BCUT2D eigenvalue weighted by Crippen LogP contribution is 2.30. The van der Waals surface area contributed by atoms with E-state index in [-0.39, 0.29) is 11.2 Å². The van der Waals surface area contributed by atoms with Crippen molar-refractivity contribution in [3.05, 3.63) is 40.7 Å². The smallest absolute Gasteiger partial charge is 0.376 e. The number of rotatable bonds is 2. The van der Waals surface area contributed by atoms with E-state index in [0.717, 1.165) is 5.56 Å². The third-order valence-corrected chi connectivity index (χ3v) is 3.05. The fourth-order valence-electron chi connectivity index (χ4n) is 1.78. The molecule has 0 spiro atoms. The molecule has 0 N–H and O–H groups in total. The number of carbonyl (C=O) groups is 1. The largest absolute Gasteiger partial charge is 0.463 e. The van der Waals surface area contributed by atoms with Gasteiger partial charge in [-0.05, 0) is 24.3 Å². The van der Waals surface area contributed by atoms with Crippen molar-refractivity contribution in [1.82, 2.24) is 4.98 Å². The van der Waals surface area contributed by atoms with E-state index in [0.29, 0.717) is 16.6 Å². The second kappa shape index (κ2) is 5.29. The van der Waals surface area contributed by atoms with Crippen LogP contribution in [0.4, 0.5) is 0 Å². The molecular weight excluding hydrogens is 278 g/mol. The van der Waals surface area contributed by atoms with Crippen LogP contribution < -0.4 is 0 Å². The van der Waals surface area contributed by atoms with E-state index in [1.54, 1.807) is 24.3 Å². The Balaban J connectivity index is 2.54. The minimum atomic E-state index is -0.525. The van der Waals surface area contributed by atoms with Crippen molar-refractivity contribution >= 4 is 17.6 Å². The molecule has 4 nitrogen and oxygen atoms in total. The molecule has 106 valence electrons. The number of benzene rings is 1. The SMILES string of the molecule is COC(=O)c1oc(-c2ccc(Cl)cc2)nc1C(C)(C)C. The number of aromatic nitrogens is 1. The van der Waals surface area contributed by atoms with Crippen molar-refractivity contribution in [1.29, 1.82) is 0 Å². The first kappa shape index (κ1) is 14.6. The Hall–Kier alpha value is -1.81. The first-order chi connectivity index (χ1) is 9.32. The van der Waals surface area contributed by atoms with E-state index in [9.17, 15) is 4.79 Å². The van der Waals surface area contributed by atoms with Gasteiger partial charge in [0.05, 0.1) is 7.11 Å². The van der Waals surface area contributed by atoms with Gasteiger partial charge in [-0.15, -0.1) is 0 Å². The van der Waals surface area contributed by atoms with Crippen LogP contribution in [0, 0.1) is 0 Å². The molecule has 0 aliphatic rings. The summed E-state index contributed by atoms with van der Waals surface area (Å²) in [5, 5.41) is 0.629. The summed E-state index contributed by atoms with van der Waals surface area (Å²) in [5.74, 6) is -0.000389. The standard InChI is InChI=1S/C15H16ClNO3/c1-15(2,3)12-11(14(18)19-4)20-13(17-12)9-5-7-10(16)8-6-9/h5-8H,1-4H3. The van der Waals surface area contributed by atoms with E-state index in [2.05, 4.69) is 4.98 Å². The Morgan fingerprint density at radius 3 is 2.35 bits per heavy atom. The average molecular weight is 294 g/mol. The van der Waals surface area contributed by atoms with Gasteiger partial charge < -0.3 is 9.15 Å². The van der Waals surface area contributed by atoms with Crippen molar-refractivity contribution in [2.75, 3.05) is 7.11 Å². The van der Waals surface area contributed by atoms with Crippen molar-refractivity contribution < 1.29 is 13.9 Å². The van der Waals surface area contributed by atoms with Crippen LogP contribution in [0.25, 0.3) is 11.5 Å². The Labute approximate surface area is 122 Å². The second-order valence-corrected chi connectivity index (χ2v) is 5.88. The predicted octanol–water partition coefficient (Wildman–Crippen LogP) is 4.08. The summed E-state index contributed by atoms with van der Waals surface area (Å²) >= 11 is 5.86. The Kier molecular flexibility index (Phi) is 3.86. The van der Waals surface area contributed by atoms with E-state index < -0.39 is 5.97 Å². The molecule has 0 atom stereocenters. The number of halogens is 1. The molecule has 0 aliphatic carbocycles. The molecule has 0 radical (unpaired) electrons. The van der Waals surface area contributed by atoms with Crippen LogP contribution in [0.1, 0.15) is 37.0 Å². The minimum Gasteiger partial charge on any atom is -0.463 e. The van der Waals surface area contributed by atoms with Crippen LogP contribution in [0.2, 0.25) is 5.02 Å². The number of esters is 1. The zero-order valence-corrected chi connectivity index (χ0v) is 12.6. The van der Waals surface area contributed by atoms with E-state index in [1.807, 2.05) is 20.8 Å². The molecule has 5 heteroatoms. The Morgan fingerprint density at radius 1 is 1.25 bits per heavy atom. The van der Waals surface area contributed by atoms with Gasteiger partial charge in [-0.1, -0.05) is 32.4 Å². The summed E-state index contributed by atoms with van der Waals surface area (Å²) < 4.78 is 10.3. The van der Waals surface area contributed by atoms with Gasteiger partial charge in [0.25, 0.3) is 0 Å². The number of nitrogens with zero attached hydrogens (tertiary/aromatic N) is 1. The summed E-state index contributed by atoms with van der Waals surface area (Å²) in [6.45, 7) is 5.88. The fourth-order valence-corrected chi connectivity index (χ4v) is 1.90. The number of carbonyl (C=O) groups excluding carboxylic acids is 1. The molecule has 0 bridgehead atoms. The van der Waals surface area contributed by atoms with Crippen molar-refractivity contribution in [3.8, 4) is 11.5 Å². The first-order valence-corrected chi connectivity index (χ1v) is 6.56. The van der Waals surface area contributed by atoms with Gasteiger partial charge >= 0.3 is 5.97 Å². The number of methoxy groups -OCH3 is 1. The van der Waals surface area contributed by atoms with E-state index in [1.165, 1.54) is 7.11 Å². The fraction of sp³-hybridized carbons (Fsp3) is 0.333. The molecule has 2 aromatic rings. The van der Waals surface area contributed by atoms with Crippen molar-refractivity contribution in [2.24, 2.45) is 0 Å². The van der Waals surface area contributed by atoms with Crippen molar-refractivity contribution in [2.45, 2.75) is 26.2 Å². The highest BCUT2D eigenvalue weighted by atomic mass is 35.5. The number of oxazole rings is 1. The molecule has 0 unspecified atom stereocenters. The molecule has 2 rings (SSSR count). The van der Waals surface area contributed by atoms with Crippen molar-refractivity contribution in [3.63, 3.8) is 0 Å². The zero-order chi connectivity index (χ0) is 14.9. The molecule has 0 amide bonds. The molecule has 0 aliphatic heterocycles. The molecule has 0 saturated heterocycles. The zero-order valence-electron chi connectivity index (χ0n) is 11.9. The molecule has 0 fully saturated rings. The highest BCUT2D eigenvalue weighted by Gasteiger charge is 2.29. The molecule has 1 aromatic carbocycles. The monoisotopic (exact) mass is 293 g/mol. The van der Waals surface area contributed by atoms with E-state index >= 15 is 0 Å². The van der Waals surface area contributed by atoms with Crippen LogP contribution in [0.3, 0.4) is 0 Å². The van der Waals surface area contributed by atoms with Crippen LogP contribution in [0.15, 0.2) is 28.7 Å². The van der Waals surface area contributed by atoms with E-state index in [4.69, 9.17) is 20.8 Å². The van der Waals surface area contributed by atoms with Gasteiger partial charge in [0, 0.05) is 16.0 Å². The lowest BCUT2D eigenvalue weighted by atomic mass is 9.91. The van der Waals surface area contributed by atoms with Gasteiger partial charge in [-0.3, -0.25) is 0 Å². The summed E-state index contributed by atoms with van der Waals surface area (Å²) in [6.07, 6.45) is 0. The third-order valence-electron chi connectivity index (χ3n) is 2.80. The Morgan fingerprint density at radius 2 is 1.85 bits per heavy atom. The minimum absolute atomic E-state index is 0.143. The maximum absolute atomic E-state index is 11.8. The number of hydrogen-bond donors (Lipinski definition) is 0. The summed E-state index contributed by atoms with van der Waals surface area (Å²) in [7, 11) is 1.32. The summed E-state index contributed by atoms with van der Waals surface area (Å²) in [5.41, 5.74) is 1.02. The van der Waals surface area contributed by atoms with Crippen LogP contribution in [0.5, 0.6) is 0 Å². The third kappa shape index (κ3) is 2.85. The normalized spacial score (nSPS) is 11.4. The predicted molar refractivity (Wildman–Crippen MR) is 77.0 cm³/mol. The molecule has 20 heavy (non-hydrogen) atoms. The quantitative estimate of drug-likeness (QED) is 0.783. The Bertz CT molecular complexity index is 624. The lowest BCUT2D eigenvalue weighted by molar-refractivity contribution is 0.0562.